The van der Waals surface area contributed by atoms with E-state index in [-0.39, 0.29) is 18.6 Å². The van der Waals surface area contributed by atoms with Crippen LogP contribution in [0.4, 0.5) is 5.69 Å². The fourth-order valence-electron chi connectivity index (χ4n) is 3.50. The maximum Gasteiger partial charge on any atom is 0.344 e. The quantitative estimate of drug-likeness (QED) is 0.729. The molecule has 2 aromatic rings. The Hall–Kier alpha value is -2.53. The summed E-state index contributed by atoms with van der Waals surface area (Å²) in [4.78, 5) is 11.5. The van der Waals surface area contributed by atoms with Crippen LogP contribution in [-0.4, -0.2) is 30.3 Å². The highest BCUT2D eigenvalue weighted by Gasteiger charge is 2.20. The number of esters is 1. The average molecular weight is 369 g/mol. The van der Waals surface area contributed by atoms with Crippen molar-refractivity contribution in [3.8, 4) is 5.75 Å². The van der Waals surface area contributed by atoms with Crippen molar-refractivity contribution in [3.63, 3.8) is 0 Å². The molecule has 5 nitrogen and oxygen atoms in total. The van der Waals surface area contributed by atoms with E-state index in [0.29, 0.717) is 12.4 Å². The number of hydrogen-bond acceptors (Lipinski definition) is 5. The van der Waals surface area contributed by atoms with E-state index in [9.17, 15) is 9.90 Å². The fraction of sp³-hybridized carbons (Fsp3) is 0.409. The van der Waals surface area contributed by atoms with Crippen molar-refractivity contribution in [3.05, 3.63) is 59.2 Å². The first-order valence-corrected chi connectivity index (χ1v) is 9.50. The Balaban J connectivity index is 1.66. The van der Waals surface area contributed by atoms with Crippen LogP contribution in [0.5, 0.6) is 5.75 Å². The number of aliphatic hydroxyl groups excluding tert-OH is 1. The van der Waals surface area contributed by atoms with E-state index in [0.717, 1.165) is 30.5 Å². The van der Waals surface area contributed by atoms with Gasteiger partial charge in [-0.3, -0.25) is 0 Å². The number of rotatable bonds is 7. The zero-order chi connectivity index (χ0) is 19.2. The van der Waals surface area contributed by atoms with Gasteiger partial charge in [-0.25, -0.2) is 4.79 Å². The van der Waals surface area contributed by atoms with E-state index in [1.54, 1.807) is 13.8 Å². The van der Waals surface area contributed by atoms with Crippen molar-refractivity contribution in [2.24, 2.45) is 0 Å². The molecule has 3 rings (SSSR count). The first-order chi connectivity index (χ1) is 13.1. The van der Waals surface area contributed by atoms with Crippen LogP contribution in [0.1, 0.15) is 43.1 Å². The van der Waals surface area contributed by atoms with Crippen LogP contribution in [0.2, 0.25) is 0 Å². The number of aliphatic hydroxyl groups is 1. The van der Waals surface area contributed by atoms with E-state index < -0.39 is 6.10 Å². The molecular weight excluding hydrogens is 342 g/mol. The summed E-state index contributed by atoms with van der Waals surface area (Å²) in [7, 11) is 0. The van der Waals surface area contributed by atoms with Crippen LogP contribution in [0.3, 0.4) is 0 Å². The van der Waals surface area contributed by atoms with Crippen LogP contribution in [0, 0.1) is 0 Å². The molecular formula is C22H27NO4. The van der Waals surface area contributed by atoms with Crippen LogP contribution in [-0.2, 0) is 22.4 Å². The minimum Gasteiger partial charge on any atom is -0.482 e. The van der Waals surface area contributed by atoms with E-state index in [1.807, 2.05) is 36.4 Å². The molecule has 2 atom stereocenters. The molecule has 0 aromatic heterocycles. The minimum atomic E-state index is -0.507. The third kappa shape index (κ3) is 5.01. The lowest BCUT2D eigenvalue weighted by atomic mass is 9.88. The molecule has 0 amide bonds. The van der Waals surface area contributed by atoms with Gasteiger partial charge in [-0.1, -0.05) is 24.3 Å². The predicted octanol–water partition coefficient (Wildman–Crippen LogP) is 3.65. The highest BCUT2D eigenvalue weighted by atomic mass is 16.6. The van der Waals surface area contributed by atoms with Crippen LogP contribution < -0.4 is 10.1 Å². The first-order valence-electron chi connectivity index (χ1n) is 9.50. The maximum absolute atomic E-state index is 11.5. The smallest absolute Gasteiger partial charge is 0.344 e. The maximum atomic E-state index is 11.5. The molecule has 0 aliphatic heterocycles. The van der Waals surface area contributed by atoms with Gasteiger partial charge in [0.05, 0.1) is 12.7 Å². The second-order valence-electron chi connectivity index (χ2n) is 6.87. The molecule has 0 fully saturated rings. The lowest BCUT2D eigenvalue weighted by Crippen LogP contribution is -2.28. The molecule has 144 valence electrons. The van der Waals surface area contributed by atoms with Gasteiger partial charge >= 0.3 is 5.97 Å². The predicted molar refractivity (Wildman–Crippen MR) is 105 cm³/mol. The Morgan fingerprint density at radius 2 is 2.07 bits per heavy atom. The van der Waals surface area contributed by atoms with Gasteiger partial charge < -0.3 is 19.9 Å². The van der Waals surface area contributed by atoms with E-state index in [2.05, 4.69) is 11.4 Å². The van der Waals surface area contributed by atoms with Gasteiger partial charge in [0.1, 0.15) is 5.75 Å². The molecule has 0 bridgehead atoms. The summed E-state index contributed by atoms with van der Waals surface area (Å²) in [6.07, 6.45) is 2.39. The number of benzene rings is 2. The number of aryl methyl sites for hydroxylation is 1. The Morgan fingerprint density at radius 1 is 1.26 bits per heavy atom. The Labute approximate surface area is 160 Å². The zero-order valence-electron chi connectivity index (χ0n) is 15.9. The molecule has 0 saturated heterocycles. The van der Waals surface area contributed by atoms with E-state index in [1.165, 1.54) is 11.1 Å². The molecule has 0 saturated carbocycles. The van der Waals surface area contributed by atoms with Crippen molar-refractivity contribution in [2.75, 3.05) is 18.5 Å². The van der Waals surface area contributed by atoms with Crippen LogP contribution >= 0.6 is 0 Å². The topological polar surface area (TPSA) is 67.8 Å². The molecule has 2 unspecified atom stereocenters. The summed E-state index contributed by atoms with van der Waals surface area (Å²) in [6.45, 7) is 3.84. The molecule has 2 N–H and O–H groups in total. The SMILES string of the molecule is CCOC(=O)COc1ccc2c(c1)CC(Nc1ccccc1C(C)O)CC2. The third-order valence-corrected chi connectivity index (χ3v) is 4.84. The van der Waals surface area contributed by atoms with Gasteiger partial charge in [0.25, 0.3) is 0 Å². The van der Waals surface area contributed by atoms with Crippen molar-refractivity contribution in [2.45, 2.75) is 45.3 Å². The Bertz CT molecular complexity index is 788. The number of nitrogens with one attached hydrogen (secondary N) is 1. The highest BCUT2D eigenvalue weighted by Crippen LogP contribution is 2.29. The van der Waals surface area contributed by atoms with Gasteiger partial charge in [0.2, 0.25) is 0 Å². The first kappa shape index (κ1) is 19.2. The number of carbonyl (C=O) groups excluding carboxylic acids is 1. The van der Waals surface area contributed by atoms with Gasteiger partial charge in [-0.15, -0.1) is 0 Å². The number of fused-ring (bicyclic) bond motifs is 1. The molecule has 0 radical (unpaired) electrons. The highest BCUT2D eigenvalue weighted by molar-refractivity contribution is 5.71. The minimum absolute atomic E-state index is 0.0733. The number of anilines is 1. The van der Waals surface area contributed by atoms with E-state index >= 15 is 0 Å². The van der Waals surface area contributed by atoms with Crippen molar-refractivity contribution in [1.29, 1.82) is 0 Å². The molecule has 0 spiro atoms. The molecule has 1 aliphatic rings. The second kappa shape index (κ2) is 8.91. The number of para-hydroxylation sites is 1. The zero-order valence-corrected chi connectivity index (χ0v) is 15.9. The van der Waals surface area contributed by atoms with E-state index in [4.69, 9.17) is 9.47 Å². The average Bonchev–Trinajstić information content (AvgIpc) is 2.66. The Kier molecular flexibility index (Phi) is 6.35. The summed E-state index contributed by atoms with van der Waals surface area (Å²) in [5.41, 5.74) is 4.44. The molecule has 1 aliphatic carbocycles. The number of hydrogen-bond donors (Lipinski definition) is 2. The largest absolute Gasteiger partial charge is 0.482 e. The number of ether oxygens (including phenoxy) is 2. The van der Waals surface area contributed by atoms with Gasteiger partial charge in [-0.05, 0) is 62.4 Å². The van der Waals surface area contributed by atoms with Crippen LogP contribution in [0.15, 0.2) is 42.5 Å². The lowest BCUT2D eigenvalue weighted by molar-refractivity contribution is -0.145. The Morgan fingerprint density at radius 3 is 2.85 bits per heavy atom. The standard InChI is InChI=1S/C22H27NO4/c1-3-26-22(25)14-27-19-11-9-16-8-10-18(12-17(16)13-19)23-21-7-5-4-6-20(21)15(2)24/h4-7,9,11,13,15,18,23-24H,3,8,10,12,14H2,1-2H3. The molecule has 2 aromatic carbocycles. The lowest BCUT2D eigenvalue weighted by Gasteiger charge is -2.28. The third-order valence-electron chi connectivity index (χ3n) is 4.84. The monoisotopic (exact) mass is 369 g/mol. The fourth-order valence-corrected chi connectivity index (χ4v) is 3.50. The number of carbonyl (C=O) groups is 1. The summed E-state index contributed by atoms with van der Waals surface area (Å²) in [5.74, 6) is 0.330. The molecule has 0 heterocycles. The molecule has 27 heavy (non-hydrogen) atoms. The second-order valence-corrected chi connectivity index (χ2v) is 6.87. The molecule has 5 heteroatoms. The van der Waals surface area contributed by atoms with Crippen molar-refractivity contribution < 1.29 is 19.4 Å². The van der Waals surface area contributed by atoms with Crippen LogP contribution in [0.25, 0.3) is 0 Å². The van der Waals surface area contributed by atoms with Gasteiger partial charge in [0, 0.05) is 17.3 Å². The van der Waals surface area contributed by atoms with Crippen molar-refractivity contribution >= 4 is 11.7 Å². The summed E-state index contributed by atoms with van der Waals surface area (Å²) < 4.78 is 10.5. The summed E-state index contributed by atoms with van der Waals surface area (Å²) in [6, 6.07) is 14.2. The normalized spacial score (nSPS) is 16.9. The van der Waals surface area contributed by atoms with Gasteiger partial charge in [-0.2, -0.15) is 0 Å². The van der Waals surface area contributed by atoms with Crippen molar-refractivity contribution in [1.82, 2.24) is 0 Å². The summed E-state index contributed by atoms with van der Waals surface area (Å²) in [5, 5.41) is 13.6. The summed E-state index contributed by atoms with van der Waals surface area (Å²) >= 11 is 0. The van der Waals surface area contributed by atoms with Gasteiger partial charge in [0.15, 0.2) is 6.61 Å².